The Morgan fingerprint density at radius 1 is 1.56 bits per heavy atom. The number of sulfone groups is 1. The Morgan fingerprint density at radius 2 is 2.31 bits per heavy atom. The highest BCUT2D eigenvalue weighted by atomic mass is 32.2. The van der Waals surface area contributed by atoms with Crippen LogP contribution in [-0.2, 0) is 15.4 Å². The Morgan fingerprint density at radius 3 is 2.88 bits per heavy atom. The third-order valence-electron chi connectivity index (χ3n) is 3.24. The molecule has 1 heterocycles. The van der Waals surface area contributed by atoms with Gasteiger partial charge in [0.1, 0.15) is 5.60 Å². The highest BCUT2D eigenvalue weighted by Gasteiger charge is 2.48. The van der Waals surface area contributed by atoms with Crippen molar-refractivity contribution in [3.63, 3.8) is 0 Å². The van der Waals surface area contributed by atoms with Crippen LogP contribution in [0.1, 0.15) is 24.8 Å². The van der Waals surface area contributed by atoms with Crippen molar-refractivity contribution in [1.82, 2.24) is 4.98 Å². The second kappa shape index (κ2) is 3.82. The van der Waals surface area contributed by atoms with Gasteiger partial charge in [-0.1, -0.05) is 6.07 Å². The monoisotopic (exact) mass is 241 g/mol. The maximum Gasteiger partial charge on any atom is 0.153 e. The standard InChI is InChI=1S/C11H15NO3S/c1-16(14,15)10-5-2-6-11(10,13)9-4-3-7-12-8-9/h3-4,7-8,10,13H,2,5-6H2,1H3. The molecule has 0 aliphatic heterocycles. The van der Waals surface area contributed by atoms with E-state index in [1.165, 1.54) is 6.26 Å². The summed E-state index contributed by atoms with van der Waals surface area (Å²) in [4.78, 5) is 3.94. The molecule has 1 aliphatic rings. The smallest absolute Gasteiger partial charge is 0.153 e. The summed E-state index contributed by atoms with van der Waals surface area (Å²) < 4.78 is 23.3. The van der Waals surface area contributed by atoms with Crippen LogP contribution in [0.3, 0.4) is 0 Å². The van der Waals surface area contributed by atoms with Crippen LogP contribution in [0.2, 0.25) is 0 Å². The molecule has 0 aromatic carbocycles. The molecule has 1 saturated carbocycles. The number of hydrogen-bond donors (Lipinski definition) is 1. The molecule has 16 heavy (non-hydrogen) atoms. The molecule has 1 N–H and O–H groups in total. The number of aromatic nitrogens is 1. The minimum absolute atomic E-state index is 0.483. The number of pyridine rings is 1. The van der Waals surface area contributed by atoms with E-state index < -0.39 is 20.7 Å². The molecule has 2 atom stereocenters. The minimum Gasteiger partial charge on any atom is -0.384 e. The van der Waals surface area contributed by atoms with Gasteiger partial charge in [0.15, 0.2) is 9.84 Å². The highest BCUT2D eigenvalue weighted by molar-refractivity contribution is 7.91. The van der Waals surface area contributed by atoms with E-state index in [9.17, 15) is 13.5 Å². The predicted molar refractivity (Wildman–Crippen MR) is 60.6 cm³/mol. The Balaban J connectivity index is 2.45. The fraction of sp³-hybridized carbons (Fsp3) is 0.545. The normalized spacial score (nSPS) is 30.5. The van der Waals surface area contributed by atoms with E-state index in [0.717, 1.165) is 6.42 Å². The van der Waals surface area contributed by atoms with Gasteiger partial charge in [-0.2, -0.15) is 0 Å². The van der Waals surface area contributed by atoms with Crippen molar-refractivity contribution in [2.24, 2.45) is 0 Å². The lowest BCUT2D eigenvalue weighted by Gasteiger charge is -2.28. The van der Waals surface area contributed by atoms with Crippen LogP contribution in [0, 0.1) is 0 Å². The Bertz CT molecular complexity index is 471. The number of rotatable bonds is 2. The molecule has 5 heteroatoms. The largest absolute Gasteiger partial charge is 0.384 e. The molecule has 0 radical (unpaired) electrons. The van der Waals surface area contributed by atoms with E-state index in [1.54, 1.807) is 24.5 Å². The van der Waals surface area contributed by atoms with E-state index in [2.05, 4.69) is 4.98 Å². The highest BCUT2D eigenvalue weighted by Crippen LogP contribution is 2.42. The zero-order valence-electron chi connectivity index (χ0n) is 9.13. The van der Waals surface area contributed by atoms with Crippen molar-refractivity contribution in [2.45, 2.75) is 30.1 Å². The van der Waals surface area contributed by atoms with Gasteiger partial charge in [0.2, 0.25) is 0 Å². The summed E-state index contributed by atoms with van der Waals surface area (Å²) in [6.45, 7) is 0. The molecule has 2 unspecified atom stereocenters. The maximum absolute atomic E-state index is 11.6. The summed E-state index contributed by atoms with van der Waals surface area (Å²) in [5, 5.41) is 9.83. The first-order valence-corrected chi connectivity index (χ1v) is 7.22. The Labute approximate surface area is 95.3 Å². The third kappa shape index (κ3) is 1.85. The lowest BCUT2D eigenvalue weighted by molar-refractivity contribution is 0.0473. The Kier molecular flexibility index (Phi) is 2.75. The van der Waals surface area contributed by atoms with Crippen molar-refractivity contribution in [1.29, 1.82) is 0 Å². The lowest BCUT2D eigenvalue weighted by Crippen LogP contribution is -2.39. The first-order chi connectivity index (χ1) is 7.44. The van der Waals surface area contributed by atoms with Crippen LogP contribution < -0.4 is 0 Å². The molecule has 0 spiro atoms. The van der Waals surface area contributed by atoms with Gasteiger partial charge in [-0.15, -0.1) is 0 Å². The summed E-state index contributed by atoms with van der Waals surface area (Å²) >= 11 is 0. The van der Waals surface area contributed by atoms with Gasteiger partial charge >= 0.3 is 0 Å². The van der Waals surface area contributed by atoms with Crippen molar-refractivity contribution >= 4 is 9.84 Å². The molecule has 1 aromatic rings. The molecule has 1 fully saturated rings. The second-order valence-electron chi connectivity index (χ2n) is 4.38. The van der Waals surface area contributed by atoms with E-state index in [-0.39, 0.29) is 0 Å². The zero-order chi connectivity index (χ0) is 11.8. The van der Waals surface area contributed by atoms with Gasteiger partial charge < -0.3 is 5.11 Å². The Hall–Kier alpha value is -0.940. The number of hydrogen-bond acceptors (Lipinski definition) is 4. The molecule has 88 valence electrons. The zero-order valence-corrected chi connectivity index (χ0v) is 9.94. The lowest BCUT2D eigenvalue weighted by atomic mass is 9.93. The van der Waals surface area contributed by atoms with E-state index in [4.69, 9.17) is 0 Å². The van der Waals surface area contributed by atoms with Crippen molar-refractivity contribution in [2.75, 3.05) is 6.26 Å². The van der Waals surface area contributed by atoms with Crippen molar-refractivity contribution in [3.05, 3.63) is 30.1 Å². The van der Waals surface area contributed by atoms with Gasteiger partial charge in [0.25, 0.3) is 0 Å². The van der Waals surface area contributed by atoms with Crippen LogP contribution >= 0.6 is 0 Å². The second-order valence-corrected chi connectivity index (χ2v) is 6.60. The average molecular weight is 241 g/mol. The summed E-state index contributed by atoms with van der Waals surface area (Å²) in [5.41, 5.74) is -0.662. The fourth-order valence-corrected chi connectivity index (χ4v) is 4.03. The van der Waals surface area contributed by atoms with E-state index in [0.29, 0.717) is 18.4 Å². The molecule has 1 aromatic heterocycles. The first kappa shape index (κ1) is 11.5. The van der Waals surface area contributed by atoms with Gasteiger partial charge in [0.05, 0.1) is 5.25 Å². The molecule has 2 rings (SSSR count). The first-order valence-electron chi connectivity index (χ1n) is 5.26. The van der Waals surface area contributed by atoms with Crippen LogP contribution in [0.4, 0.5) is 0 Å². The van der Waals surface area contributed by atoms with E-state index >= 15 is 0 Å². The van der Waals surface area contributed by atoms with Gasteiger partial charge in [-0.25, -0.2) is 8.42 Å². The topological polar surface area (TPSA) is 67.3 Å². The van der Waals surface area contributed by atoms with Crippen LogP contribution in [0.15, 0.2) is 24.5 Å². The molecule has 4 nitrogen and oxygen atoms in total. The SMILES string of the molecule is CS(=O)(=O)C1CCCC1(O)c1cccnc1. The molecule has 1 aliphatic carbocycles. The summed E-state index contributed by atoms with van der Waals surface area (Å²) in [7, 11) is -3.24. The molecule has 0 amide bonds. The van der Waals surface area contributed by atoms with Crippen molar-refractivity contribution in [3.8, 4) is 0 Å². The van der Waals surface area contributed by atoms with Gasteiger partial charge in [-0.05, 0) is 25.3 Å². The fourth-order valence-electron chi connectivity index (χ4n) is 2.47. The average Bonchev–Trinajstić information content (AvgIpc) is 2.63. The molecular formula is C11H15NO3S. The van der Waals surface area contributed by atoms with Crippen LogP contribution in [0.5, 0.6) is 0 Å². The molecule has 0 saturated heterocycles. The van der Waals surface area contributed by atoms with Crippen molar-refractivity contribution < 1.29 is 13.5 Å². The van der Waals surface area contributed by atoms with Gasteiger partial charge in [0, 0.05) is 24.2 Å². The quantitative estimate of drug-likeness (QED) is 0.834. The molecular weight excluding hydrogens is 226 g/mol. The summed E-state index contributed by atoms with van der Waals surface area (Å²) in [6.07, 6.45) is 6.06. The predicted octanol–water partition coefficient (Wildman–Crippen LogP) is 0.866. The molecule has 0 bridgehead atoms. The minimum atomic E-state index is -3.24. The van der Waals surface area contributed by atoms with Crippen LogP contribution in [0.25, 0.3) is 0 Å². The number of nitrogens with zero attached hydrogens (tertiary/aromatic N) is 1. The van der Waals surface area contributed by atoms with Gasteiger partial charge in [-0.3, -0.25) is 4.98 Å². The van der Waals surface area contributed by atoms with Crippen LogP contribution in [-0.4, -0.2) is 30.0 Å². The van der Waals surface area contributed by atoms with E-state index in [1.807, 2.05) is 0 Å². The maximum atomic E-state index is 11.6. The number of aliphatic hydroxyl groups is 1. The summed E-state index contributed by atoms with van der Waals surface area (Å²) in [5.74, 6) is 0. The third-order valence-corrected chi connectivity index (χ3v) is 4.89. The summed E-state index contributed by atoms with van der Waals surface area (Å²) in [6, 6.07) is 3.45.